The second-order valence-electron chi connectivity index (χ2n) is 4.41. The van der Waals surface area contributed by atoms with Gasteiger partial charge in [0.25, 0.3) is 0 Å². The minimum absolute atomic E-state index is 0.195. The number of aryl methyl sites for hydroxylation is 1. The Balaban J connectivity index is 1.67. The Labute approximate surface area is 118 Å². The van der Waals surface area contributed by atoms with Crippen molar-refractivity contribution >= 4 is 17.4 Å². The number of nitrogens with one attached hydrogen (secondary N) is 1. The molecule has 1 N–H and O–H groups in total. The summed E-state index contributed by atoms with van der Waals surface area (Å²) in [5.74, 6) is 1.88. The van der Waals surface area contributed by atoms with Gasteiger partial charge in [-0.25, -0.2) is 4.39 Å². The zero-order chi connectivity index (χ0) is 13.5. The van der Waals surface area contributed by atoms with Gasteiger partial charge in [-0.05, 0) is 42.3 Å². The quantitative estimate of drug-likeness (QED) is 0.780. The van der Waals surface area contributed by atoms with Gasteiger partial charge < -0.3 is 5.32 Å². The van der Waals surface area contributed by atoms with E-state index in [1.807, 2.05) is 11.8 Å². The summed E-state index contributed by atoms with van der Waals surface area (Å²) in [5.41, 5.74) is 3.72. The molecule has 0 aliphatic rings. The highest BCUT2D eigenvalue weighted by molar-refractivity contribution is 7.98. The molecule has 0 fully saturated rings. The van der Waals surface area contributed by atoms with Crippen molar-refractivity contribution in [2.24, 2.45) is 0 Å². The molecule has 0 heterocycles. The molecular formula is C16H18FNS. The average Bonchev–Trinajstić information content (AvgIpc) is 2.42. The molecule has 0 radical (unpaired) electrons. The minimum atomic E-state index is -0.195. The van der Waals surface area contributed by atoms with Crippen LogP contribution in [-0.2, 0) is 5.75 Å². The number of hydrogen-bond donors (Lipinski definition) is 1. The van der Waals surface area contributed by atoms with E-state index in [4.69, 9.17) is 0 Å². The van der Waals surface area contributed by atoms with Gasteiger partial charge in [0.05, 0.1) is 0 Å². The van der Waals surface area contributed by atoms with Crippen LogP contribution in [-0.4, -0.2) is 12.3 Å². The van der Waals surface area contributed by atoms with Gasteiger partial charge in [0.2, 0.25) is 0 Å². The lowest BCUT2D eigenvalue weighted by atomic mass is 10.1. The number of halogens is 1. The van der Waals surface area contributed by atoms with Gasteiger partial charge in [-0.3, -0.25) is 0 Å². The fraction of sp³-hybridized carbons (Fsp3) is 0.250. The monoisotopic (exact) mass is 275 g/mol. The van der Waals surface area contributed by atoms with Crippen LogP contribution in [0, 0.1) is 12.7 Å². The molecule has 3 heteroatoms. The first kappa shape index (κ1) is 13.9. The maximum atomic E-state index is 12.7. The third-order valence-corrected chi connectivity index (χ3v) is 3.95. The van der Waals surface area contributed by atoms with E-state index in [2.05, 4.69) is 36.5 Å². The minimum Gasteiger partial charge on any atom is -0.384 e. The summed E-state index contributed by atoms with van der Waals surface area (Å²) in [6.45, 7) is 3.04. The van der Waals surface area contributed by atoms with E-state index in [0.717, 1.165) is 23.7 Å². The number of rotatable bonds is 6. The summed E-state index contributed by atoms with van der Waals surface area (Å²) in [5, 5.41) is 3.29. The van der Waals surface area contributed by atoms with Crippen LogP contribution in [0.25, 0.3) is 0 Å². The average molecular weight is 275 g/mol. The molecule has 2 rings (SSSR count). The Bertz CT molecular complexity index is 510. The van der Waals surface area contributed by atoms with Crippen molar-refractivity contribution in [1.29, 1.82) is 0 Å². The maximum Gasteiger partial charge on any atom is 0.123 e. The molecule has 1 nitrogen and oxygen atoms in total. The zero-order valence-corrected chi connectivity index (χ0v) is 11.8. The van der Waals surface area contributed by atoms with E-state index in [0.29, 0.717) is 0 Å². The lowest BCUT2D eigenvalue weighted by Gasteiger charge is -2.07. The summed E-state index contributed by atoms with van der Waals surface area (Å²) in [6.07, 6.45) is 0. The Kier molecular flexibility index (Phi) is 5.28. The summed E-state index contributed by atoms with van der Waals surface area (Å²) < 4.78 is 12.7. The van der Waals surface area contributed by atoms with Crippen molar-refractivity contribution < 1.29 is 4.39 Å². The summed E-state index contributed by atoms with van der Waals surface area (Å²) in [7, 11) is 0. The summed E-state index contributed by atoms with van der Waals surface area (Å²) in [6, 6.07) is 15.0. The molecule has 2 aromatic carbocycles. The molecule has 0 atom stereocenters. The Hall–Kier alpha value is -1.48. The Morgan fingerprint density at radius 2 is 1.79 bits per heavy atom. The van der Waals surface area contributed by atoms with E-state index < -0.39 is 0 Å². The van der Waals surface area contributed by atoms with Crippen LogP contribution < -0.4 is 5.32 Å². The van der Waals surface area contributed by atoms with Crippen LogP contribution in [0.3, 0.4) is 0 Å². The largest absolute Gasteiger partial charge is 0.384 e. The van der Waals surface area contributed by atoms with E-state index in [1.165, 1.54) is 23.3 Å². The van der Waals surface area contributed by atoms with Crippen LogP contribution in [0.15, 0.2) is 48.5 Å². The molecule has 0 aliphatic heterocycles. The van der Waals surface area contributed by atoms with Crippen molar-refractivity contribution in [3.63, 3.8) is 0 Å². The molecule has 0 spiro atoms. The molecule has 0 unspecified atom stereocenters. The second-order valence-corrected chi connectivity index (χ2v) is 5.52. The highest BCUT2D eigenvalue weighted by atomic mass is 32.2. The predicted molar refractivity (Wildman–Crippen MR) is 82.2 cm³/mol. The van der Waals surface area contributed by atoms with Crippen molar-refractivity contribution in [1.82, 2.24) is 0 Å². The van der Waals surface area contributed by atoms with Crippen LogP contribution in [0.4, 0.5) is 10.1 Å². The second kappa shape index (κ2) is 7.19. The number of anilines is 1. The molecule has 0 saturated carbocycles. The highest BCUT2D eigenvalue weighted by Crippen LogP contribution is 2.16. The standard InChI is InChI=1S/C16H18FNS/c1-13-4-2-3-5-14(13)12-19-11-10-18-16-8-6-15(17)7-9-16/h2-9,18H,10-12H2,1H3. The summed E-state index contributed by atoms with van der Waals surface area (Å²) in [4.78, 5) is 0. The third-order valence-electron chi connectivity index (χ3n) is 2.94. The number of benzene rings is 2. The Morgan fingerprint density at radius 3 is 2.53 bits per heavy atom. The number of thioether (sulfide) groups is 1. The SMILES string of the molecule is Cc1ccccc1CSCCNc1ccc(F)cc1. The molecular weight excluding hydrogens is 257 g/mol. The maximum absolute atomic E-state index is 12.7. The third kappa shape index (κ3) is 4.60. The van der Waals surface area contributed by atoms with Gasteiger partial charge in [0, 0.05) is 23.7 Å². The fourth-order valence-electron chi connectivity index (χ4n) is 1.79. The predicted octanol–water partition coefficient (Wildman–Crippen LogP) is 4.48. The van der Waals surface area contributed by atoms with Gasteiger partial charge >= 0.3 is 0 Å². The van der Waals surface area contributed by atoms with Gasteiger partial charge in [-0.1, -0.05) is 24.3 Å². The zero-order valence-electron chi connectivity index (χ0n) is 11.0. The first-order valence-electron chi connectivity index (χ1n) is 6.37. The fourth-order valence-corrected chi connectivity index (χ4v) is 2.72. The van der Waals surface area contributed by atoms with Crippen LogP contribution in [0.1, 0.15) is 11.1 Å². The normalized spacial score (nSPS) is 10.4. The van der Waals surface area contributed by atoms with E-state index in [1.54, 1.807) is 12.1 Å². The van der Waals surface area contributed by atoms with Gasteiger partial charge in [-0.15, -0.1) is 0 Å². The molecule has 0 aromatic heterocycles. The van der Waals surface area contributed by atoms with Gasteiger partial charge in [-0.2, -0.15) is 11.8 Å². The van der Waals surface area contributed by atoms with Crippen molar-refractivity contribution in [3.05, 3.63) is 65.5 Å². The molecule has 19 heavy (non-hydrogen) atoms. The van der Waals surface area contributed by atoms with Crippen LogP contribution in [0.5, 0.6) is 0 Å². The Morgan fingerprint density at radius 1 is 1.05 bits per heavy atom. The smallest absolute Gasteiger partial charge is 0.123 e. The summed E-state index contributed by atoms with van der Waals surface area (Å²) >= 11 is 1.91. The molecule has 0 bridgehead atoms. The highest BCUT2D eigenvalue weighted by Gasteiger charge is 1.97. The van der Waals surface area contributed by atoms with Gasteiger partial charge in [0.1, 0.15) is 5.82 Å². The molecule has 0 saturated heterocycles. The lowest BCUT2D eigenvalue weighted by molar-refractivity contribution is 0.628. The topological polar surface area (TPSA) is 12.0 Å². The van der Waals surface area contributed by atoms with Crippen molar-refractivity contribution in [3.8, 4) is 0 Å². The molecule has 100 valence electrons. The van der Waals surface area contributed by atoms with Crippen molar-refractivity contribution in [2.75, 3.05) is 17.6 Å². The molecule has 2 aromatic rings. The van der Waals surface area contributed by atoms with Crippen molar-refractivity contribution in [2.45, 2.75) is 12.7 Å². The van der Waals surface area contributed by atoms with E-state index in [-0.39, 0.29) is 5.82 Å². The van der Waals surface area contributed by atoms with Crippen LogP contribution in [0.2, 0.25) is 0 Å². The van der Waals surface area contributed by atoms with Gasteiger partial charge in [0.15, 0.2) is 0 Å². The van der Waals surface area contributed by atoms with E-state index >= 15 is 0 Å². The first-order valence-corrected chi connectivity index (χ1v) is 7.53. The molecule has 0 aliphatic carbocycles. The first-order chi connectivity index (χ1) is 9.25. The van der Waals surface area contributed by atoms with E-state index in [9.17, 15) is 4.39 Å². The lowest BCUT2D eigenvalue weighted by Crippen LogP contribution is -2.04. The van der Waals surface area contributed by atoms with Crippen LogP contribution >= 0.6 is 11.8 Å². The number of hydrogen-bond acceptors (Lipinski definition) is 2. The molecule has 0 amide bonds.